The van der Waals surface area contributed by atoms with Gasteiger partial charge in [-0.3, -0.25) is 0 Å². The Balaban J connectivity index is 1.94. The summed E-state index contributed by atoms with van der Waals surface area (Å²) in [5.41, 5.74) is 1.68. The Bertz CT molecular complexity index is 887. The van der Waals surface area contributed by atoms with E-state index in [-0.39, 0.29) is 0 Å². The number of fused-ring (bicyclic) bond motifs is 1. The minimum atomic E-state index is 0.510. The van der Waals surface area contributed by atoms with Crippen molar-refractivity contribution in [1.29, 1.82) is 0 Å². The molecule has 0 spiro atoms. The van der Waals surface area contributed by atoms with Gasteiger partial charge in [-0.1, -0.05) is 29.3 Å². The average molecular weight is 364 g/mol. The smallest absolute Gasteiger partial charge is 0.162 e. The monoisotopic (exact) mass is 363 g/mol. The molecule has 0 radical (unpaired) electrons. The van der Waals surface area contributed by atoms with Crippen molar-refractivity contribution in [2.45, 2.75) is 6.54 Å². The highest BCUT2D eigenvalue weighted by molar-refractivity contribution is 6.35. The Morgan fingerprint density at radius 1 is 1.00 bits per heavy atom. The van der Waals surface area contributed by atoms with Crippen LogP contribution in [0.3, 0.4) is 0 Å². The number of aromatic nitrogens is 2. The summed E-state index contributed by atoms with van der Waals surface area (Å²) >= 11 is 12.1. The molecule has 1 aromatic heterocycles. The Morgan fingerprint density at radius 3 is 2.46 bits per heavy atom. The van der Waals surface area contributed by atoms with E-state index in [9.17, 15) is 0 Å². The van der Waals surface area contributed by atoms with Crippen LogP contribution in [0.15, 0.2) is 36.7 Å². The predicted octanol–water partition coefficient (Wildman–Crippen LogP) is 4.57. The quantitative estimate of drug-likeness (QED) is 0.719. The number of hydrogen-bond donors (Lipinski definition) is 1. The molecule has 1 heterocycles. The van der Waals surface area contributed by atoms with Gasteiger partial charge < -0.3 is 14.8 Å². The molecule has 0 saturated heterocycles. The molecule has 0 unspecified atom stereocenters. The van der Waals surface area contributed by atoms with E-state index in [1.807, 2.05) is 18.2 Å². The zero-order valence-corrected chi connectivity index (χ0v) is 14.6. The fourth-order valence-electron chi connectivity index (χ4n) is 2.37. The van der Waals surface area contributed by atoms with E-state index < -0.39 is 0 Å². The van der Waals surface area contributed by atoms with E-state index in [0.29, 0.717) is 33.9 Å². The number of hydrogen-bond acceptors (Lipinski definition) is 5. The molecule has 0 amide bonds. The van der Waals surface area contributed by atoms with Gasteiger partial charge in [-0.15, -0.1) is 0 Å². The highest BCUT2D eigenvalue weighted by Gasteiger charge is 2.11. The van der Waals surface area contributed by atoms with E-state index in [4.69, 9.17) is 32.7 Å². The maximum absolute atomic E-state index is 6.21. The lowest BCUT2D eigenvalue weighted by molar-refractivity contribution is 0.356. The van der Waals surface area contributed by atoms with Gasteiger partial charge in [0, 0.05) is 28.0 Å². The third-order valence-corrected chi connectivity index (χ3v) is 4.19. The van der Waals surface area contributed by atoms with Crippen LogP contribution < -0.4 is 14.8 Å². The molecule has 2 aromatic carbocycles. The molecule has 7 heteroatoms. The van der Waals surface area contributed by atoms with Crippen molar-refractivity contribution in [2.24, 2.45) is 0 Å². The molecule has 0 aliphatic rings. The molecule has 0 aliphatic heterocycles. The molecule has 0 bridgehead atoms. The van der Waals surface area contributed by atoms with Crippen LogP contribution in [0.25, 0.3) is 10.9 Å². The van der Waals surface area contributed by atoms with Gasteiger partial charge in [-0.05, 0) is 23.8 Å². The first-order valence-electron chi connectivity index (χ1n) is 7.17. The zero-order valence-electron chi connectivity index (χ0n) is 13.1. The average Bonchev–Trinajstić information content (AvgIpc) is 2.59. The number of ether oxygens (including phenoxy) is 2. The Kier molecular flexibility index (Phi) is 4.92. The molecule has 24 heavy (non-hydrogen) atoms. The topological polar surface area (TPSA) is 56.3 Å². The van der Waals surface area contributed by atoms with Crippen LogP contribution >= 0.6 is 23.2 Å². The lowest BCUT2D eigenvalue weighted by Gasteiger charge is -2.12. The normalized spacial score (nSPS) is 10.7. The van der Waals surface area contributed by atoms with E-state index in [2.05, 4.69) is 15.3 Å². The van der Waals surface area contributed by atoms with Gasteiger partial charge in [0.15, 0.2) is 11.5 Å². The van der Waals surface area contributed by atoms with Crippen molar-refractivity contribution in [3.63, 3.8) is 0 Å². The number of rotatable bonds is 5. The first-order chi connectivity index (χ1) is 11.6. The van der Waals surface area contributed by atoms with E-state index in [0.717, 1.165) is 16.5 Å². The SMILES string of the molecule is COc1cc2ncnc(NCc3ccc(Cl)cc3Cl)c2cc1OC. The van der Waals surface area contributed by atoms with Crippen LogP contribution in [0.1, 0.15) is 5.56 Å². The summed E-state index contributed by atoms with van der Waals surface area (Å²) in [4.78, 5) is 8.59. The molecule has 0 fully saturated rings. The van der Waals surface area contributed by atoms with E-state index >= 15 is 0 Å². The van der Waals surface area contributed by atoms with Gasteiger partial charge in [0.2, 0.25) is 0 Å². The molecule has 0 saturated carbocycles. The van der Waals surface area contributed by atoms with Gasteiger partial charge in [0.1, 0.15) is 12.1 Å². The summed E-state index contributed by atoms with van der Waals surface area (Å²) in [6.45, 7) is 0.510. The van der Waals surface area contributed by atoms with Gasteiger partial charge in [-0.2, -0.15) is 0 Å². The fraction of sp³-hybridized carbons (Fsp3) is 0.176. The second-order valence-corrected chi connectivity index (χ2v) is 5.88. The zero-order chi connectivity index (χ0) is 17.1. The highest BCUT2D eigenvalue weighted by atomic mass is 35.5. The standard InChI is InChI=1S/C17H15Cl2N3O2/c1-23-15-6-12-14(7-16(15)24-2)21-9-22-17(12)20-8-10-3-4-11(18)5-13(10)19/h3-7,9H,8H2,1-2H3,(H,20,21,22). The number of anilines is 1. The van der Waals surface area contributed by atoms with Crippen molar-refractivity contribution in [3.8, 4) is 11.5 Å². The van der Waals surface area contributed by atoms with Crippen molar-refractivity contribution in [2.75, 3.05) is 19.5 Å². The predicted molar refractivity (Wildman–Crippen MR) is 96.4 cm³/mol. The summed E-state index contributed by atoms with van der Waals surface area (Å²) in [6, 6.07) is 9.06. The van der Waals surface area contributed by atoms with E-state index in [1.54, 1.807) is 26.4 Å². The lowest BCUT2D eigenvalue weighted by Crippen LogP contribution is -2.03. The molecule has 1 N–H and O–H groups in total. The summed E-state index contributed by atoms with van der Waals surface area (Å²) in [6.07, 6.45) is 1.50. The van der Waals surface area contributed by atoms with Gasteiger partial charge in [0.25, 0.3) is 0 Å². The summed E-state index contributed by atoms with van der Waals surface area (Å²) < 4.78 is 10.7. The third kappa shape index (κ3) is 3.32. The van der Waals surface area contributed by atoms with Gasteiger partial charge >= 0.3 is 0 Å². The third-order valence-electron chi connectivity index (χ3n) is 3.60. The summed E-state index contributed by atoms with van der Waals surface area (Å²) in [7, 11) is 3.18. The number of methoxy groups -OCH3 is 2. The van der Waals surface area contributed by atoms with Crippen LogP contribution in [0.4, 0.5) is 5.82 Å². The van der Waals surface area contributed by atoms with Gasteiger partial charge in [0.05, 0.1) is 19.7 Å². The number of halogens is 2. The Hall–Kier alpha value is -2.24. The molecule has 3 rings (SSSR count). The van der Waals surface area contributed by atoms with Crippen LogP contribution in [0.2, 0.25) is 10.0 Å². The second-order valence-electron chi connectivity index (χ2n) is 5.04. The van der Waals surface area contributed by atoms with Crippen molar-refractivity contribution >= 4 is 39.9 Å². The molecule has 0 aliphatic carbocycles. The molecular weight excluding hydrogens is 349 g/mol. The largest absolute Gasteiger partial charge is 0.493 e. The van der Waals surface area contributed by atoms with Crippen LogP contribution in [0, 0.1) is 0 Å². The number of benzene rings is 2. The van der Waals surface area contributed by atoms with E-state index in [1.165, 1.54) is 6.33 Å². The maximum Gasteiger partial charge on any atom is 0.162 e. The van der Waals surface area contributed by atoms with Crippen LogP contribution in [0.5, 0.6) is 11.5 Å². The summed E-state index contributed by atoms with van der Waals surface area (Å²) in [5.74, 6) is 1.93. The molecule has 5 nitrogen and oxygen atoms in total. The van der Waals surface area contributed by atoms with Crippen LogP contribution in [-0.2, 0) is 6.54 Å². The number of nitrogens with zero attached hydrogens (tertiary/aromatic N) is 2. The minimum absolute atomic E-state index is 0.510. The Morgan fingerprint density at radius 2 is 1.75 bits per heavy atom. The first-order valence-corrected chi connectivity index (χ1v) is 7.92. The van der Waals surface area contributed by atoms with Gasteiger partial charge in [-0.25, -0.2) is 9.97 Å². The summed E-state index contributed by atoms with van der Waals surface area (Å²) in [5, 5.41) is 5.32. The Labute approximate surface area is 149 Å². The second kappa shape index (κ2) is 7.11. The van der Waals surface area contributed by atoms with Crippen LogP contribution in [-0.4, -0.2) is 24.2 Å². The molecular formula is C17H15Cl2N3O2. The molecule has 3 aromatic rings. The first kappa shape index (κ1) is 16.6. The fourth-order valence-corrected chi connectivity index (χ4v) is 2.84. The lowest BCUT2D eigenvalue weighted by atomic mass is 10.2. The molecule has 124 valence electrons. The van der Waals surface area contributed by atoms with Crippen molar-refractivity contribution in [1.82, 2.24) is 9.97 Å². The van der Waals surface area contributed by atoms with Crippen molar-refractivity contribution < 1.29 is 9.47 Å². The maximum atomic E-state index is 6.21. The van der Waals surface area contributed by atoms with Crippen molar-refractivity contribution in [3.05, 3.63) is 52.3 Å². The highest BCUT2D eigenvalue weighted by Crippen LogP contribution is 2.33. The molecule has 0 atom stereocenters. The number of nitrogens with one attached hydrogen (secondary N) is 1. The minimum Gasteiger partial charge on any atom is -0.493 e.